The van der Waals surface area contributed by atoms with Crippen molar-refractivity contribution in [1.82, 2.24) is 14.9 Å². The van der Waals surface area contributed by atoms with Crippen LogP contribution in [0.15, 0.2) is 18.2 Å². The monoisotopic (exact) mass is 421 g/mol. The average molecular weight is 421 g/mol. The van der Waals surface area contributed by atoms with Crippen molar-refractivity contribution in [2.45, 2.75) is 56.5 Å². The van der Waals surface area contributed by atoms with E-state index in [0.717, 1.165) is 25.0 Å². The molecule has 1 fully saturated rings. The van der Waals surface area contributed by atoms with Gasteiger partial charge in [0.2, 0.25) is 0 Å². The van der Waals surface area contributed by atoms with Crippen molar-refractivity contribution >= 4 is 0 Å². The summed E-state index contributed by atoms with van der Waals surface area (Å²) in [7, 11) is 0. The van der Waals surface area contributed by atoms with Crippen molar-refractivity contribution in [1.29, 1.82) is 0 Å². The molecule has 1 aliphatic carbocycles. The first-order valence-electron chi connectivity index (χ1n) is 9.32. The molecular weight excluding hydrogens is 403 g/mol. The zero-order valence-corrected chi connectivity index (χ0v) is 15.2. The van der Waals surface area contributed by atoms with Crippen LogP contribution in [0.2, 0.25) is 0 Å². The normalized spacial score (nSPS) is 20.0. The van der Waals surface area contributed by atoms with Gasteiger partial charge in [0, 0.05) is 19.0 Å². The van der Waals surface area contributed by atoms with Gasteiger partial charge in [0.05, 0.1) is 17.3 Å². The van der Waals surface area contributed by atoms with E-state index in [1.165, 1.54) is 0 Å². The second-order valence-electron chi connectivity index (χ2n) is 7.48. The van der Waals surface area contributed by atoms with Gasteiger partial charge in [-0.2, -0.15) is 26.3 Å². The molecule has 29 heavy (non-hydrogen) atoms. The van der Waals surface area contributed by atoms with Crippen LogP contribution < -0.4 is 5.32 Å². The highest BCUT2D eigenvalue weighted by atomic mass is 19.4. The molecule has 0 bridgehead atoms. The predicted molar refractivity (Wildman–Crippen MR) is 89.7 cm³/mol. The fourth-order valence-corrected chi connectivity index (χ4v) is 3.87. The summed E-state index contributed by atoms with van der Waals surface area (Å²) in [4.78, 5) is 3.90. The Bertz CT molecular complexity index is 910. The topological polar surface area (TPSA) is 29.9 Å². The summed E-state index contributed by atoms with van der Waals surface area (Å²) in [5.41, 5.74) is -1.90. The van der Waals surface area contributed by atoms with E-state index in [0.29, 0.717) is 30.5 Å². The van der Waals surface area contributed by atoms with Crippen molar-refractivity contribution in [2.24, 2.45) is 0 Å². The lowest BCUT2D eigenvalue weighted by atomic mass is 9.99. The summed E-state index contributed by atoms with van der Waals surface area (Å²) in [6.45, 7) is 0.849. The van der Waals surface area contributed by atoms with Gasteiger partial charge >= 0.3 is 12.4 Å². The van der Waals surface area contributed by atoms with Crippen molar-refractivity contribution in [3.63, 3.8) is 0 Å². The summed E-state index contributed by atoms with van der Waals surface area (Å²) in [5.74, 6) is -0.879. The van der Waals surface area contributed by atoms with Crippen LogP contribution in [0, 0.1) is 5.82 Å². The van der Waals surface area contributed by atoms with Gasteiger partial charge in [-0.15, -0.1) is 0 Å². The molecule has 1 aromatic heterocycles. The number of rotatable bonds is 4. The molecule has 3 nitrogen and oxygen atoms in total. The van der Waals surface area contributed by atoms with Crippen LogP contribution in [-0.4, -0.2) is 16.1 Å². The molecule has 0 spiro atoms. The maximum Gasteiger partial charge on any atom is 0.435 e. The van der Waals surface area contributed by atoms with E-state index in [1.54, 1.807) is 4.57 Å². The second-order valence-corrected chi connectivity index (χ2v) is 7.48. The Balaban J connectivity index is 1.58. The van der Waals surface area contributed by atoms with Crippen molar-refractivity contribution in [3.05, 3.63) is 52.4 Å². The molecule has 158 valence electrons. The maximum atomic E-state index is 13.8. The number of alkyl halides is 6. The molecule has 1 aromatic carbocycles. The van der Waals surface area contributed by atoms with Crippen molar-refractivity contribution in [3.8, 4) is 0 Å². The Labute approximate surface area is 161 Å². The number of hydrogen-bond donors (Lipinski definition) is 1. The highest BCUT2D eigenvalue weighted by Gasteiger charge is 2.44. The van der Waals surface area contributed by atoms with E-state index in [-0.39, 0.29) is 24.5 Å². The van der Waals surface area contributed by atoms with Crippen LogP contribution >= 0.6 is 0 Å². The average Bonchev–Trinajstić information content (AvgIpc) is 3.37. The minimum atomic E-state index is -4.79. The van der Waals surface area contributed by atoms with E-state index in [4.69, 9.17) is 0 Å². The number of aryl methyl sites for hydroxylation is 1. The molecule has 0 radical (unpaired) electrons. The predicted octanol–water partition coefficient (Wildman–Crippen LogP) is 5.21. The minimum absolute atomic E-state index is 0.0487. The number of halogens is 7. The molecule has 2 heterocycles. The van der Waals surface area contributed by atoms with E-state index in [2.05, 4.69) is 10.3 Å². The van der Waals surface area contributed by atoms with Gasteiger partial charge in [-0.05, 0) is 43.4 Å². The molecule has 10 heteroatoms. The third-order valence-electron chi connectivity index (χ3n) is 5.36. The lowest BCUT2D eigenvalue weighted by Crippen LogP contribution is -2.35. The van der Waals surface area contributed by atoms with Crippen LogP contribution in [0.3, 0.4) is 0 Å². The van der Waals surface area contributed by atoms with Crippen LogP contribution in [0.25, 0.3) is 0 Å². The Kier molecular flexibility index (Phi) is 4.87. The third kappa shape index (κ3) is 3.99. The highest BCUT2D eigenvalue weighted by Crippen LogP contribution is 2.45. The van der Waals surface area contributed by atoms with Gasteiger partial charge in [0.15, 0.2) is 5.69 Å². The SMILES string of the molecule is Fc1cc(CCC2NCCn3c(C4CC4)nc(C(F)(F)F)c32)ccc1C(F)(F)F. The lowest BCUT2D eigenvalue weighted by molar-refractivity contribution is -0.142. The molecule has 0 amide bonds. The van der Waals surface area contributed by atoms with Crippen molar-refractivity contribution in [2.75, 3.05) is 6.54 Å². The second kappa shape index (κ2) is 7.00. The zero-order valence-electron chi connectivity index (χ0n) is 15.2. The van der Waals surface area contributed by atoms with Crippen LogP contribution in [0.1, 0.15) is 59.6 Å². The molecule has 4 rings (SSSR count). The van der Waals surface area contributed by atoms with E-state index in [1.807, 2.05) is 0 Å². The van der Waals surface area contributed by atoms with Crippen LogP contribution in [0.5, 0.6) is 0 Å². The first-order valence-corrected chi connectivity index (χ1v) is 9.32. The van der Waals surface area contributed by atoms with E-state index in [9.17, 15) is 30.7 Å². The van der Waals surface area contributed by atoms with Crippen LogP contribution in [-0.2, 0) is 25.3 Å². The van der Waals surface area contributed by atoms with Gasteiger partial charge in [-0.3, -0.25) is 0 Å². The van der Waals surface area contributed by atoms with Crippen LogP contribution in [0.4, 0.5) is 30.7 Å². The Morgan fingerprint density at radius 1 is 1.07 bits per heavy atom. The molecule has 1 saturated carbocycles. The largest absolute Gasteiger partial charge is 0.435 e. The fraction of sp³-hybridized carbons (Fsp3) is 0.526. The Hall–Kier alpha value is -2.10. The third-order valence-corrected chi connectivity index (χ3v) is 5.36. The Morgan fingerprint density at radius 3 is 2.38 bits per heavy atom. The van der Waals surface area contributed by atoms with Gasteiger partial charge in [-0.1, -0.05) is 6.07 Å². The lowest BCUT2D eigenvalue weighted by Gasteiger charge is -2.28. The molecule has 1 unspecified atom stereocenters. The minimum Gasteiger partial charge on any atom is -0.329 e. The highest BCUT2D eigenvalue weighted by molar-refractivity contribution is 5.30. The number of nitrogens with one attached hydrogen (secondary N) is 1. The number of nitrogens with zero attached hydrogens (tertiary/aromatic N) is 2. The first-order chi connectivity index (χ1) is 13.6. The summed E-state index contributed by atoms with van der Waals surface area (Å²) in [6.07, 6.45) is -7.44. The molecule has 0 saturated heterocycles. The molecule has 1 aliphatic heterocycles. The smallest absolute Gasteiger partial charge is 0.329 e. The number of imidazole rings is 1. The van der Waals surface area contributed by atoms with Gasteiger partial charge in [0.1, 0.15) is 11.6 Å². The summed E-state index contributed by atoms with van der Waals surface area (Å²) in [6, 6.07) is 1.95. The standard InChI is InChI=1S/C19H18F7N3/c20-13-9-10(1-5-12(13)18(21,22)23)2-6-14-15-16(19(24,25)26)28-17(11-3-4-11)29(15)8-7-27-14/h1,5,9,11,14,27H,2-4,6-8H2. The molecular formula is C19H18F7N3. The zero-order chi connectivity index (χ0) is 21.0. The van der Waals surface area contributed by atoms with Gasteiger partial charge < -0.3 is 9.88 Å². The van der Waals surface area contributed by atoms with Crippen molar-refractivity contribution < 1.29 is 30.7 Å². The van der Waals surface area contributed by atoms with E-state index >= 15 is 0 Å². The van der Waals surface area contributed by atoms with Gasteiger partial charge in [0.25, 0.3) is 0 Å². The summed E-state index contributed by atoms with van der Waals surface area (Å²) >= 11 is 0. The quantitative estimate of drug-likeness (QED) is 0.687. The molecule has 2 aromatic rings. The molecule has 1 N–H and O–H groups in total. The molecule has 2 aliphatic rings. The van der Waals surface area contributed by atoms with E-state index < -0.39 is 35.5 Å². The maximum absolute atomic E-state index is 13.8. The number of hydrogen-bond acceptors (Lipinski definition) is 2. The Morgan fingerprint density at radius 2 is 1.79 bits per heavy atom. The number of aromatic nitrogens is 2. The van der Waals surface area contributed by atoms with Gasteiger partial charge in [-0.25, -0.2) is 9.37 Å². The number of fused-ring (bicyclic) bond motifs is 1. The number of benzene rings is 1. The summed E-state index contributed by atoms with van der Waals surface area (Å²) < 4.78 is 94.1. The summed E-state index contributed by atoms with van der Waals surface area (Å²) in [5, 5.41) is 3.05. The molecule has 1 atom stereocenters. The first kappa shape index (κ1) is 20.2. The fourth-order valence-electron chi connectivity index (χ4n) is 3.87.